The number of nitrogens with one attached hydrogen (secondary N) is 2. The van der Waals surface area contributed by atoms with Gasteiger partial charge in [0.05, 0.1) is 5.69 Å². The molecule has 3 aliphatic rings. The third-order valence-corrected chi connectivity index (χ3v) is 7.88. The van der Waals surface area contributed by atoms with Gasteiger partial charge in [0, 0.05) is 29.6 Å². The molecular weight excluding hydrogens is 396 g/mol. The summed E-state index contributed by atoms with van der Waals surface area (Å²) in [7, 11) is 0. The normalized spacial score (nSPS) is 25.4. The largest absolute Gasteiger partial charge is 0.352 e. The Morgan fingerprint density at radius 1 is 1.17 bits per heavy atom. The highest BCUT2D eigenvalue weighted by atomic mass is 32.2. The molecule has 30 heavy (non-hydrogen) atoms. The summed E-state index contributed by atoms with van der Waals surface area (Å²) in [6.07, 6.45) is 8.44. The fourth-order valence-electron chi connectivity index (χ4n) is 4.71. The highest BCUT2D eigenvalue weighted by Gasteiger charge is 2.33. The first kappa shape index (κ1) is 21.7. The van der Waals surface area contributed by atoms with Crippen LogP contribution in [0.25, 0.3) is 0 Å². The average molecular weight is 431 g/mol. The van der Waals surface area contributed by atoms with Crippen LogP contribution >= 0.6 is 11.8 Å². The second-order valence-electron chi connectivity index (χ2n) is 8.76. The minimum atomic E-state index is -0.158. The van der Waals surface area contributed by atoms with Crippen molar-refractivity contribution in [3.63, 3.8) is 0 Å². The van der Waals surface area contributed by atoms with Crippen LogP contribution in [-0.4, -0.2) is 65.8 Å². The number of amides is 2. The van der Waals surface area contributed by atoms with Gasteiger partial charge < -0.3 is 15.5 Å². The second kappa shape index (κ2) is 10.2. The summed E-state index contributed by atoms with van der Waals surface area (Å²) in [4.78, 5) is 31.1. The average Bonchev–Trinajstić information content (AvgIpc) is 2.77. The highest BCUT2D eigenvalue weighted by molar-refractivity contribution is 8.00. The summed E-state index contributed by atoms with van der Waals surface area (Å²) in [5.41, 5.74) is 1.37. The molecule has 0 radical (unpaired) electrons. The molecule has 4 rings (SSSR count). The van der Waals surface area contributed by atoms with Crippen LogP contribution in [0.15, 0.2) is 23.1 Å². The molecule has 3 heterocycles. The lowest BCUT2D eigenvalue weighted by atomic mass is 10.0. The van der Waals surface area contributed by atoms with Crippen molar-refractivity contribution in [2.75, 3.05) is 38.0 Å². The monoisotopic (exact) mass is 430 g/mol. The Balaban J connectivity index is 1.29. The SMILES string of the molecule is CC1CCCCN1CCCNC(=O)c1ccc2c(c1)NC(=O)C(N1CCCCC1)S2. The van der Waals surface area contributed by atoms with Crippen LogP contribution in [0.5, 0.6) is 0 Å². The summed E-state index contributed by atoms with van der Waals surface area (Å²) >= 11 is 1.61. The Bertz CT molecular complexity index is 766. The van der Waals surface area contributed by atoms with Crippen LogP contribution in [0.2, 0.25) is 0 Å². The molecule has 164 valence electrons. The van der Waals surface area contributed by atoms with Gasteiger partial charge in [-0.1, -0.05) is 24.6 Å². The van der Waals surface area contributed by atoms with Crippen molar-refractivity contribution in [2.24, 2.45) is 0 Å². The van der Waals surface area contributed by atoms with Gasteiger partial charge in [-0.2, -0.15) is 0 Å². The van der Waals surface area contributed by atoms with E-state index in [2.05, 4.69) is 27.4 Å². The van der Waals surface area contributed by atoms with E-state index in [1.807, 2.05) is 18.2 Å². The Morgan fingerprint density at radius 2 is 1.97 bits per heavy atom. The minimum Gasteiger partial charge on any atom is -0.352 e. The van der Waals surface area contributed by atoms with E-state index in [0.717, 1.165) is 49.5 Å². The van der Waals surface area contributed by atoms with Crippen LogP contribution in [0.3, 0.4) is 0 Å². The van der Waals surface area contributed by atoms with Crippen molar-refractivity contribution >= 4 is 29.3 Å². The Kier molecular flexibility index (Phi) is 7.33. The number of hydrogen-bond acceptors (Lipinski definition) is 5. The minimum absolute atomic E-state index is 0.0302. The molecule has 2 saturated heterocycles. The summed E-state index contributed by atoms with van der Waals surface area (Å²) in [5.74, 6) is -0.0375. The maximum atomic E-state index is 12.6. The van der Waals surface area contributed by atoms with E-state index in [0.29, 0.717) is 18.2 Å². The van der Waals surface area contributed by atoms with Gasteiger partial charge in [0.1, 0.15) is 5.37 Å². The van der Waals surface area contributed by atoms with Crippen LogP contribution in [0, 0.1) is 0 Å². The van der Waals surface area contributed by atoms with Crippen molar-refractivity contribution in [2.45, 2.75) is 68.2 Å². The summed E-state index contributed by atoms with van der Waals surface area (Å²) in [5, 5.41) is 5.91. The van der Waals surface area contributed by atoms with Crippen LogP contribution in [0.4, 0.5) is 5.69 Å². The van der Waals surface area contributed by atoms with Crippen molar-refractivity contribution in [1.29, 1.82) is 0 Å². The van der Waals surface area contributed by atoms with Gasteiger partial charge in [0.2, 0.25) is 0 Å². The maximum Gasteiger partial charge on any atom is 0.252 e. The zero-order valence-electron chi connectivity index (χ0n) is 18.0. The van der Waals surface area contributed by atoms with E-state index < -0.39 is 0 Å². The molecule has 0 bridgehead atoms. The number of rotatable bonds is 6. The molecule has 0 spiro atoms. The predicted octanol–water partition coefficient (Wildman–Crippen LogP) is 3.54. The van der Waals surface area contributed by atoms with Gasteiger partial charge in [-0.25, -0.2) is 0 Å². The first-order valence-corrected chi connectivity index (χ1v) is 12.4. The molecule has 1 aromatic carbocycles. The number of carbonyl (C=O) groups is 2. The topological polar surface area (TPSA) is 64.7 Å². The maximum absolute atomic E-state index is 12.6. The van der Waals surface area contributed by atoms with E-state index in [4.69, 9.17) is 0 Å². The molecule has 2 amide bonds. The van der Waals surface area contributed by atoms with Crippen molar-refractivity contribution < 1.29 is 9.59 Å². The fraction of sp³-hybridized carbons (Fsp3) is 0.652. The van der Waals surface area contributed by atoms with Gasteiger partial charge in [0.25, 0.3) is 11.8 Å². The van der Waals surface area contributed by atoms with E-state index in [1.165, 1.54) is 32.2 Å². The molecule has 6 nitrogen and oxygen atoms in total. The molecule has 1 aromatic rings. The van der Waals surface area contributed by atoms with Crippen molar-refractivity contribution in [3.8, 4) is 0 Å². The fourth-order valence-corrected chi connectivity index (χ4v) is 5.86. The molecule has 0 saturated carbocycles. The molecule has 3 aliphatic heterocycles. The molecule has 7 heteroatoms. The number of carbonyl (C=O) groups excluding carboxylic acids is 2. The predicted molar refractivity (Wildman–Crippen MR) is 122 cm³/mol. The Hall–Kier alpha value is -1.57. The molecule has 2 fully saturated rings. The molecule has 2 N–H and O–H groups in total. The summed E-state index contributed by atoms with van der Waals surface area (Å²) < 4.78 is 0. The lowest BCUT2D eigenvalue weighted by molar-refractivity contribution is -0.118. The zero-order valence-corrected chi connectivity index (χ0v) is 18.8. The molecule has 0 aliphatic carbocycles. The number of anilines is 1. The standard InChI is InChI=1S/C23H34N4O2S/c1-17-8-3-6-12-26(17)15-7-11-24-21(28)18-9-10-20-19(16-18)25-22(29)23(30-20)27-13-4-2-5-14-27/h9-10,16-17,23H,2-8,11-15H2,1H3,(H,24,28)(H,25,29). The number of piperidine rings is 2. The van der Waals surface area contributed by atoms with Gasteiger partial charge in [-0.3, -0.25) is 14.5 Å². The highest BCUT2D eigenvalue weighted by Crippen LogP contribution is 2.38. The van der Waals surface area contributed by atoms with Crippen LogP contribution in [-0.2, 0) is 4.79 Å². The summed E-state index contributed by atoms with van der Waals surface area (Å²) in [6, 6.07) is 6.32. The molecule has 2 atom stereocenters. The number of fused-ring (bicyclic) bond motifs is 1. The third kappa shape index (κ3) is 5.18. The summed E-state index contributed by atoms with van der Waals surface area (Å²) in [6.45, 7) is 7.16. The number of benzene rings is 1. The zero-order chi connectivity index (χ0) is 20.9. The Morgan fingerprint density at radius 3 is 2.77 bits per heavy atom. The smallest absolute Gasteiger partial charge is 0.252 e. The second-order valence-corrected chi connectivity index (χ2v) is 9.88. The van der Waals surface area contributed by atoms with Crippen LogP contribution in [0.1, 0.15) is 62.2 Å². The van der Waals surface area contributed by atoms with Crippen LogP contribution < -0.4 is 10.6 Å². The van der Waals surface area contributed by atoms with Crippen molar-refractivity contribution in [1.82, 2.24) is 15.1 Å². The molecule has 2 unspecified atom stereocenters. The number of hydrogen-bond donors (Lipinski definition) is 2. The van der Waals surface area contributed by atoms with E-state index in [-0.39, 0.29) is 17.2 Å². The third-order valence-electron chi connectivity index (χ3n) is 6.53. The van der Waals surface area contributed by atoms with Gasteiger partial charge in [-0.15, -0.1) is 0 Å². The van der Waals surface area contributed by atoms with E-state index in [1.54, 1.807) is 11.8 Å². The number of nitrogens with zero attached hydrogens (tertiary/aromatic N) is 2. The molecular formula is C23H34N4O2S. The number of thioether (sulfide) groups is 1. The van der Waals surface area contributed by atoms with E-state index in [9.17, 15) is 9.59 Å². The Labute approximate surface area is 184 Å². The van der Waals surface area contributed by atoms with Gasteiger partial charge >= 0.3 is 0 Å². The van der Waals surface area contributed by atoms with E-state index >= 15 is 0 Å². The van der Waals surface area contributed by atoms with Gasteiger partial charge in [0.15, 0.2) is 0 Å². The first-order chi connectivity index (χ1) is 14.6. The lowest BCUT2D eigenvalue weighted by Crippen LogP contribution is -2.46. The lowest BCUT2D eigenvalue weighted by Gasteiger charge is -2.35. The quantitative estimate of drug-likeness (QED) is 0.676. The van der Waals surface area contributed by atoms with Gasteiger partial charge in [-0.05, 0) is 76.9 Å². The number of likely N-dealkylation sites (tertiary alicyclic amines) is 2. The van der Waals surface area contributed by atoms with Crippen molar-refractivity contribution in [3.05, 3.63) is 23.8 Å². The first-order valence-electron chi connectivity index (χ1n) is 11.5. The molecule has 0 aromatic heterocycles.